The van der Waals surface area contributed by atoms with Crippen molar-refractivity contribution in [1.82, 2.24) is 14.6 Å². The summed E-state index contributed by atoms with van der Waals surface area (Å²) in [4.78, 5) is 30.7. The lowest BCUT2D eigenvalue weighted by atomic mass is 9.79. The number of thioether (sulfide) groups is 1. The maximum atomic E-state index is 13.7. The van der Waals surface area contributed by atoms with Crippen LogP contribution in [0.25, 0.3) is 17.1 Å². The Kier molecular flexibility index (Phi) is 7.34. The van der Waals surface area contributed by atoms with Crippen molar-refractivity contribution >= 4 is 46.5 Å². The predicted molar refractivity (Wildman–Crippen MR) is 152 cm³/mol. The molecule has 3 aromatic heterocycles. The summed E-state index contributed by atoms with van der Waals surface area (Å²) in [5, 5.41) is 7.21. The number of ether oxygens (including phenoxy) is 1. The van der Waals surface area contributed by atoms with Gasteiger partial charge in [-0.2, -0.15) is 5.10 Å². The molecule has 0 bridgehead atoms. The topological polar surface area (TPSA) is 103 Å². The number of imidazole rings is 1. The number of hydrogen-bond donors (Lipinski definition) is 0. The van der Waals surface area contributed by atoms with Crippen LogP contribution in [0.15, 0.2) is 79.7 Å². The van der Waals surface area contributed by atoms with Gasteiger partial charge < -0.3 is 18.1 Å². The fourth-order valence-electron chi connectivity index (χ4n) is 5.55. The van der Waals surface area contributed by atoms with E-state index in [0.29, 0.717) is 29.4 Å². The molecule has 1 fully saturated rings. The summed E-state index contributed by atoms with van der Waals surface area (Å²) in [5.74, 6) is 1.22. The standard InChI is InChI=1S/C30H30N4O5S/c1-3-33-24-13-12-20(29(36)37-4-2)17-23(24)31-30(33)40-18-26(35)34-28(25-11-7-15-39-25)22-10-5-8-19(27(22)32-34)16-21-9-6-14-38-21/h6-7,9,11-17,22,28H,3-5,8,10,18H2,1-2H3. The van der Waals surface area contributed by atoms with Gasteiger partial charge in [0.2, 0.25) is 0 Å². The van der Waals surface area contributed by atoms with Crippen molar-refractivity contribution in [2.75, 3.05) is 12.4 Å². The van der Waals surface area contributed by atoms with Crippen LogP contribution < -0.4 is 0 Å². The number of rotatable bonds is 8. The van der Waals surface area contributed by atoms with Gasteiger partial charge in [-0.1, -0.05) is 11.8 Å². The van der Waals surface area contributed by atoms with Crippen molar-refractivity contribution in [1.29, 1.82) is 0 Å². The van der Waals surface area contributed by atoms with Crippen LogP contribution in [0.1, 0.15) is 61.0 Å². The molecular weight excluding hydrogens is 528 g/mol. The van der Waals surface area contributed by atoms with Crippen molar-refractivity contribution < 1.29 is 23.2 Å². The number of hydrazone groups is 1. The number of hydrogen-bond acceptors (Lipinski definition) is 8. The van der Waals surface area contributed by atoms with Crippen LogP contribution >= 0.6 is 11.8 Å². The van der Waals surface area contributed by atoms with Crippen LogP contribution in [-0.2, 0) is 16.1 Å². The first-order valence-electron chi connectivity index (χ1n) is 13.6. The van der Waals surface area contributed by atoms with E-state index in [1.807, 2.05) is 47.9 Å². The number of carbonyl (C=O) groups is 2. The van der Waals surface area contributed by atoms with E-state index >= 15 is 0 Å². The number of esters is 1. The van der Waals surface area contributed by atoms with Gasteiger partial charge in [-0.25, -0.2) is 14.8 Å². The summed E-state index contributed by atoms with van der Waals surface area (Å²) in [6, 6.07) is 12.6. The molecule has 2 aliphatic rings. The number of allylic oxidation sites excluding steroid dienone is 1. The number of nitrogens with zero attached hydrogens (tertiary/aromatic N) is 4. The van der Waals surface area contributed by atoms with Crippen LogP contribution in [0, 0.1) is 5.92 Å². The molecule has 4 heterocycles. The SMILES string of the molecule is CCOC(=O)c1ccc2c(c1)nc(SCC(=O)N1N=C3C(=Cc4ccco4)CCCC3C1c1ccco1)n2CC. The number of fused-ring (bicyclic) bond motifs is 2. The Balaban J connectivity index is 1.27. The average molecular weight is 559 g/mol. The average Bonchev–Trinajstić information content (AvgIpc) is 3.77. The Morgan fingerprint density at radius 1 is 1.15 bits per heavy atom. The van der Waals surface area contributed by atoms with E-state index in [9.17, 15) is 9.59 Å². The maximum absolute atomic E-state index is 13.7. The highest BCUT2D eigenvalue weighted by Crippen LogP contribution is 2.45. The number of carbonyl (C=O) groups excluding carboxylic acids is 2. The Hall–Kier alpha value is -4.05. The molecule has 6 rings (SSSR count). The van der Waals surface area contributed by atoms with Gasteiger partial charge in [0.05, 0.1) is 47.2 Å². The zero-order chi connectivity index (χ0) is 27.6. The van der Waals surface area contributed by atoms with Gasteiger partial charge >= 0.3 is 5.97 Å². The minimum absolute atomic E-state index is 0.0524. The zero-order valence-electron chi connectivity index (χ0n) is 22.4. The number of benzene rings is 1. The molecule has 0 saturated heterocycles. The fourth-order valence-corrected chi connectivity index (χ4v) is 6.48. The Morgan fingerprint density at radius 2 is 2.00 bits per heavy atom. The summed E-state index contributed by atoms with van der Waals surface area (Å²) in [6.45, 7) is 4.80. The molecule has 9 nitrogen and oxygen atoms in total. The first-order valence-corrected chi connectivity index (χ1v) is 14.5. The second-order valence-corrected chi connectivity index (χ2v) is 10.7. The normalized spacial score (nSPS) is 19.7. The summed E-state index contributed by atoms with van der Waals surface area (Å²) < 4.78 is 18.5. The second-order valence-electron chi connectivity index (χ2n) is 9.72. The van der Waals surface area contributed by atoms with Gasteiger partial charge in [0.25, 0.3) is 5.91 Å². The minimum Gasteiger partial charge on any atom is -0.467 e. The van der Waals surface area contributed by atoms with Crippen molar-refractivity contribution in [2.45, 2.75) is 50.9 Å². The molecule has 1 aromatic carbocycles. The van der Waals surface area contributed by atoms with Crippen molar-refractivity contribution in [3.05, 3.63) is 77.6 Å². The van der Waals surface area contributed by atoms with Gasteiger partial charge in [0, 0.05) is 12.5 Å². The van der Waals surface area contributed by atoms with E-state index in [2.05, 4.69) is 0 Å². The van der Waals surface area contributed by atoms with Crippen LogP contribution in [0.3, 0.4) is 0 Å². The molecule has 0 radical (unpaired) electrons. The summed E-state index contributed by atoms with van der Waals surface area (Å²) >= 11 is 1.37. The monoisotopic (exact) mass is 558 g/mol. The van der Waals surface area contributed by atoms with E-state index in [1.165, 1.54) is 11.8 Å². The number of aromatic nitrogens is 2. The highest BCUT2D eigenvalue weighted by molar-refractivity contribution is 7.99. The van der Waals surface area contributed by atoms with E-state index < -0.39 is 0 Å². The molecular formula is C30H30N4O5S. The molecule has 206 valence electrons. The first kappa shape index (κ1) is 26.2. The molecule has 0 N–H and O–H groups in total. The molecule has 1 saturated carbocycles. The molecule has 1 aliphatic carbocycles. The number of aryl methyl sites for hydroxylation is 1. The number of amides is 1. The summed E-state index contributed by atoms with van der Waals surface area (Å²) in [7, 11) is 0. The minimum atomic E-state index is -0.376. The lowest BCUT2D eigenvalue weighted by Gasteiger charge is -2.27. The quantitative estimate of drug-likeness (QED) is 0.184. The molecule has 10 heteroatoms. The van der Waals surface area contributed by atoms with Crippen molar-refractivity contribution in [3.8, 4) is 0 Å². The van der Waals surface area contributed by atoms with E-state index in [4.69, 9.17) is 23.7 Å². The lowest BCUT2D eigenvalue weighted by Crippen LogP contribution is -2.32. The Bertz CT molecular complexity index is 1590. The van der Waals surface area contributed by atoms with Crippen LogP contribution in [0.2, 0.25) is 0 Å². The lowest BCUT2D eigenvalue weighted by molar-refractivity contribution is -0.131. The van der Waals surface area contributed by atoms with Crippen LogP contribution in [0.4, 0.5) is 0 Å². The molecule has 1 aliphatic heterocycles. The largest absolute Gasteiger partial charge is 0.467 e. The highest BCUT2D eigenvalue weighted by atomic mass is 32.2. The summed E-state index contributed by atoms with van der Waals surface area (Å²) in [5.41, 5.74) is 4.07. The van der Waals surface area contributed by atoms with Crippen LogP contribution in [-0.4, -0.2) is 44.5 Å². The molecule has 40 heavy (non-hydrogen) atoms. The molecule has 0 spiro atoms. The fraction of sp³-hybridized carbons (Fsp3) is 0.333. The highest BCUT2D eigenvalue weighted by Gasteiger charge is 2.45. The van der Waals surface area contributed by atoms with Crippen molar-refractivity contribution in [3.63, 3.8) is 0 Å². The molecule has 4 aromatic rings. The maximum Gasteiger partial charge on any atom is 0.338 e. The third-order valence-electron chi connectivity index (χ3n) is 7.32. The van der Waals surface area contributed by atoms with Gasteiger partial charge in [0.1, 0.15) is 17.6 Å². The van der Waals surface area contributed by atoms with E-state index in [0.717, 1.165) is 47.6 Å². The van der Waals surface area contributed by atoms with E-state index in [1.54, 1.807) is 36.6 Å². The van der Waals surface area contributed by atoms with Gasteiger partial charge in [0.15, 0.2) is 5.16 Å². The third kappa shape index (κ3) is 4.88. The smallest absolute Gasteiger partial charge is 0.338 e. The van der Waals surface area contributed by atoms with Gasteiger partial charge in [-0.05, 0) is 87.2 Å². The van der Waals surface area contributed by atoms with E-state index in [-0.39, 0.29) is 29.6 Å². The van der Waals surface area contributed by atoms with Crippen LogP contribution in [0.5, 0.6) is 0 Å². The number of furan rings is 2. The molecule has 2 atom stereocenters. The van der Waals surface area contributed by atoms with Gasteiger partial charge in [-0.3, -0.25) is 4.79 Å². The Morgan fingerprint density at radius 3 is 2.75 bits per heavy atom. The van der Waals surface area contributed by atoms with Gasteiger partial charge in [-0.15, -0.1) is 0 Å². The summed E-state index contributed by atoms with van der Waals surface area (Å²) in [6.07, 6.45) is 8.13. The van der Waals surface area contributed by atoms with Crippen molar-refractivity contribution in [2.24, 2.45) is 11.0 Å². The zero-order valence-corrected chi connectivity index (χ0v) is 23.2. The molecule has 2 unspecified atom stereocenters. The Labute approximate surface area is 235 Å². The second kappa shape index (κ2) is 11.2. The first-order chi connectivity index (χ1) is 19.6. The third-order valence-corrected chi connectivity index (χ3v) is 8.28. The predicted octanol–water partition coefficient (Wildman–Crippen LogP) is 6.33. The molecule has 1 amide bonds.